The Bertz CT molecular complexity index is 259. The van der Waals surface area contributed by atoms with E-state index in [0.29, 0.717) is 0 Å². The number of hydrogen-bond donors (Lipinski definition) is 3. The molecule has 1 atom stereocenters. The number of hydroxylamine groups is 1. The maximum Gasteiger partial charge on any atom is 0.338 e. The number of hydrogen-bond acceptors (Lipinski definition) is 4. The van der Waals surface area contributed by atoms with Gasteiger partial charge in [-0.3, -0.25) is 4.84 Å². The molecule has 0 aliphatic carbocycles. The minimum absolute atomic E-state index is 0.0900. The molecule has 16 heavy (non-hydrogen) atoms. The third-order valence-electron chi connectivity index (χ3n) is 2.32. The minimum atomic E-state index is -1.13. The number of nitrogens with one attached hydrogen (secondary N) is 2. The summed E-state index contributed by atoms with van der Waals surface area (Å²) in [5.41, 5.74) is 2.03. The first-order valence-electron chi connectivity index (χ1n) is 5.16. The van der Waals surface area contributed by atoms with Gasteiger partial charge in [-0.2, -0.15) is 0 Å². The highest BCUT2D eigenvalue weighted by Crippen LogP contribution is 2.07. The van der Waals surface area contributed by atoms with E-state index in [4.69, 9.17) is 5.11 Å². The Balaban J connectivity index is 2.15. The summed E-state index contributed by atoms with van der Waals surface area (Å²) in [5, 5.41) is 11.0. The van der Waals surface area contributed by atoms with E-state index in [1.54, 1.807) is 0 Å². The maximum atomic E-state index is 11.2. The van der Waals surface area contributed by atoms with Gasteiger partial charge in [0.25, 0.3) is 0 Å². The smallest absolute Gasteiger partial charge is 0.338 e. The molecule has 3 N–H and O–H groups in total. The number of amides is 2. The molecule has 0 bridgehead atoms. The molecule has 92 valence electrons. The first kappa shape index (κ1) is 12.7. The second-order valence-electron chi connectivity index (χ2n) is 3.86. The molecule has 1 saturated heterocycles. The first-order valence-corrected chi connectivity index (χ1v) is 5.16. The molecule has 1 heterocycles. The third kappa shape index (κ3) is 4.94. The molecular formula is C9H17N3O4. The number of carboxylic acids is 1. The van der Waals surface area contributed by atoms with Crippen molar-refractivity contribution in [2.45, 2.75) is 18.9 Å². The summed E-state index contributed by atoms with van der Waals surface area (Å²) in [6.45, 7) is 1.29. The Morgan fingerprint density at radius 1 is 1.56 bits per heavy atom. The van der Waals surface area contributed by atoms with Crippen LogP contribution in [0.5, 0.6) is 0 Å². The molecule has 0 saturated carbocycles. The van der Waals surface area contributed by atoms with Crippen molar-refractivity contribution in [1.29, 1.82) is 0 Å². The maximum absolute atomic E-state index is 11.2. The van der Waals surface area contributed by atoms with Gasteiger partial charge in [-0.15, -0.1) is 0 Å². The van der Waals surface area contributed by atoms with Gasteiger partial charge in [0.15, 0.2) is 6.61 Å². The molecule has 2 amide bonds. The zero-order chi connectivity index (χ0) is 12.0. The van der Waals surface area contributed by atoms with E-state index in [9.17, 15) is 9.59 Å². The van der Waals surface area contributed by atoms with Gasteiger partial charge in [0.1, 0.15) is 0 Å². The molecule has 1 aliphatic rings. The highest BCUT2D eigenvalue weighted by molar-refractivity contribution is 5.73. The van der Waals surface area contributed by atoms with Gasteiger partial charge in [0.05, 0.1) is 0 Å². The fourth-order valence-electron chi connectivity index (χ4n) is 1.66. The number of aliphatic carboxylic acids is 1. The number of carboxylic acid groups (broad SMARTS) is 1. The zero-order valence-corrected chi connectivity index (χ0v) is 9.23. The van der Waals surface area contributed by atoms with Gasteiger partial charge in [-0.25, -0.2) is 15.1 Å². The molecule has 0 radical (unpaired) electrons. The SMILES string of the molecule is CN1CCCC(NC(=O)NOCC(=O)O)C1. The van der Waals surface area contributed by atoms with Crippen LogP contribution >= 0.6 is 0 Å². The normalized spacial score (nSPS) is 21.4. The van der Waals surface area contributed by atoms with Crippen LogP contribution in [0.25, 0.3) is 0 Å². The van der Waals surface area contributed by atoms with Crippen molar-refractivity contribution >= 4 is 12.0 Å². The summed E-state index contributed by atoms with van der Waals surface area (Å²) >= 11 is 0. The van der Waals surface area contributed by atoms with Gasteiger partial charge in [0, 0.05) is 12.6 Å². The standard InChI is InChI=1S/C9H17N3O4/c1-12-4-2-3-7(5-12)10-9(15)11-16-6-8(13)14/h7H,2-6H2,1H3,(H,13,14)(H2,10,11,15). The van der Waals surface area contributed by atoms with Crippen molar-refractivity contribution in [3.63, 3.8) is 0 Å². The number of urea groups is 1. The fourth-order valence-corrected chi connectivity index (χ4v) is 1.66. The second kappa shape index (κ2) is 6.29. The van der Waals surface area contributed by atoms with Gasteiger partial charge < -0.3 is 15.3 Å². The van der Waals surface area contributed by atoms with Crippen molar-refractivity contribution < 1.29 is 19.5 Å². The van der Waals surface area contributed by atoms with E-state index in [2.05, 4.69) is 15.1 Å². The molecule has 1 unspecified atom stereocenters. The Labute approximate surface area is 93.7 Å². The molecule has 7 nitrogen and oxygen atoms in total. The van der Waals surface area contributed by atoms with Crippen molar-refractivity contribution in [1.82, 2.24) is 15.7 Å². The van der Waals surface area contributed by atoms with Crippen LogP contribution in [0.3, 0.4) is 0 Å². The molecule has 0 aromatic rings. The monoisotopic (exact) mass is 231 g/mol. The molecule has 1 rings (SSSR count). The van der Waals surface area contributed by atoms with Crippen LogP contribution in [0.2, 0.25) is 0 Å². The molecule has 1 fully saturated rings. The summed E-state index contributed by atoms with van der Waals surface area (Å²) in [6, 6.07) is -0.409. The Morgan fingerprint density at radius 2 is 2.31 bits per heavy atom. The number of nitrogens with zero attached hydrogens (tertiary/aromatic N) is 1. The lowest BCUT2D eigenvalue weighted by atomic mass is 10.1. The second-order valence-corrected chi connectivity index (χ2v) is 3.86. The van der Waals surface area contributed by atoms with Gasteiger partial charge in [-0.1, -0.05) is 0 Å². The van der Waals surface area contributed by atoms with Crippen molar-refractivity contribution in [3.8, 4) is 0 Å². The van der Waals surface area contributed by atoms with Crippen LogP contribution in [0.1, 0.15) is 12.8 Å². The summed E-state index contributed by atoms with van der Waals surface area (Å²) < 4.78 is 0. The molecule has 0 aromatic heterocycles. The molecule has 1 aliphatic heterocycles. The fraction of sp³-hybridized carbons (Fsp3) is 0.778. The van der Waals surface area contributed by atoms with Crippen LogP contribution in [0.4, 0.5) is 4.79 Å². The average Bonchev–Trinajstić information content (AvgIpc) is 2.16. The topological polar surface area (TPSA) is 90.9 Å². The Morgan fingerprint density at radius 3 is 2.94 bits per heavy atom. The molecule has 0 aromatic carbocycles. The Hall–Kier alpha value is -1.34. The van der Waals surface area contributed by atoms with Gasteiger partial charge in [-0.05, 0) is 26.4 Å². The van der Waals surface area contributed by atoms with E-state index in [-0.39, 0.29) is 6.04 Å². The van der Waals surface area contributed by atoms with Gasteiger partial charge >= 0.3 is 12.0 Å². The lowest BCUT2D eigenvalue weighted by Crippen LogP contribution is -2.49. The highest BCUT2D eigenvalue weighted by atomic mass is 16.7. The predicted molar refractivity (Wildman–Crippen MR) is 55.8 cm³/mol. The number of likely N-dealkylation sites (tertiary alicyclic amines) is 1. The number of piperidine rings is 1. The summed E-state index contributed by atoms with van der Waals surface area (Å²) in [6.07, 6.45) is 1.97. The van der Waals surface area contributed by atoms with E-state index in [0.717, 1.165) is 25.9 Å². The van der Waals surface area contributed by atoms with E-state index in [1.165, 1.54) is 0 Å². The average molecular weight is 231 g/mol. The lowest BCUT2D eigenvalue weighted by molar-refractivity contribution is -0.144. The van der Waals surface area contributed by atoms with Gasteiger partial charge in [0.2, 0.25) is 0 Å². The summed E-state index contributed by atoms with van der Waals surface area (Å²) in [7, 11) is 1.99. The Kier molecular flexibility index (Phi) is 5.00. The van der Waals surface area contributed by atoms with Crippen LogP contribution < -0.4 is 10.8 Å². The van der Waals surface area contributed by atoms with Crippen molar-refractivity contribution in [2.24, 2.45) is 0 Å². The lowest BCUT2D eigenvalue weighted by Gasteiger charge is -2.29. The van der Waals surface area contributed by atoms with Crippen LogP contribution in [0.15, 0.2) is 0 Å². The number of rotatable bonds is 4. The summed E-state index contributed by atoms with van der Waals surface area (Å²) in [5.74, 6) is -1.13. The zero-order valence-electron chi connectivity index (χ0n) is 9.23. The van der Waals surface area contributed by atoms with Crippen LogP contribution in [0, 0.1) is 0 Å². The largest absolute Gasteiger partial charge is 0.479 e. The minimum Gasteiger partial charge on any atom is -0.479 e. The quantitative estimate of drug-likeness (QED) is 0.562. The van der Waals surface area contributed by atoms with Crippen LogP contribution in [-0.2, 0) is 9.63 Å². The molecular weight excluding hydrogens is 214 g/mol. The number of likely N-dealkylation sites (N-methyl/N-ethyl adjacent to an activating group) is 1. The summed E-state index contributed by atoms with van der Waals surface area (Å²) in [4.78, 5) is 27.9. The molecule has 0 spiro atoms. The van der Waals surface area contributed by atoms with Crippen molar-refractivity contribution in [3.05, 3.63) is 0 Å². The predicted octanol–water partition coefficient (Wildman–Crippen LogP) is -0.604. The first-order chi connectivity index (χ1) is 7.58. The third-order valence-corrected chi connectivity index (χ3v) is 2.32. The van der Waals surface area contributed by atoms with E-state index < -0.39 is 18.6 Å². The highest BCUT2D eigenvalue weighted by Gasteiger charge is 2.18. The van der Waals surface area contributed by atoms with Crippen molar-refractivity contribution in [2.75, 3.05) is 26.7 Å². The molecule has 7 heteroatoms. The van der Waals surface area contributed by atoms with E-state index in [1.807, 2.05) is 12.5 Å². The van der Waals surface area contributed by atoms with Crippen LogP contribution in [-0.4, -0.2) is 54.8 Å². The number of carbonyl (C=O) groups is 2. The number of carbonyl (C=O) groups excluding carboxylic acids is 1. The van der Waals surface area contributed by atoms with E-state index >= 15 is 0 Å².